The fourth-order valence-corrected chi connectivity index (χ4v) is 2.19. The van der Waals surface area contributed by atoms with Crippen molar-refractivity contribution in [3.05, 3.63) is 29.3 Å². The van der Waals surface area contributed by atoms with Crippen molar-refractivity contribution in [2.24, 2.45) is 5.41 Å². The van der Waals surface area contributed by atoms with Crippen LogP contribution in [-0.4, -0.2) is 22.4 Å². The summed E-state index contributed by atoms with van der Waals surface area (Å²) in [4.78, 5) is 10.9. The SMILES string of the molecule is CC(C)(C)C(O)Cc1ccc(C2CC2)cc1NC(=O)O. The molecule has 1 aliphatic rings. The van der Waals surface area contributed by atoms with Gasteiger partial charge in [-0.2, -0.15) is 0 Å². The Balaban J connectivity index is 2.23. The number of rotatable bonds is 4. The van der Waals surface area contributed by atoms with Gasteiger partial charge in [0.1, 0.15) is 0 Å². The molecule has 1 aromatic carbocycles. The first-order valence-corrected chi connectivity index (χ1v) is 7.08. The first kappa shape index (κ1) is 14.9. The van der Waals surface area contributed by atoms with Gasteiger partial charge >= 0.3 is 6.09 Å². The van der Waals surface area contributed by atoms with E-state index in [0.29, 0.717) is 18.0 Å². The highest BCUT2D eigenvalue weighted by atomic mass is 16.4. The number of aliphatic hydroxyl groups excluding tert-OH is 1. The molecule has 1 atom stereocenters. The summed E-state index contributed by atoms with van der Waals surface area (Å²) < 4.78 is 0. The summed E-state index contributed by atoms with van der Waals surface area (Å²) in [6, 6.07) is 5.90. The zero-order valence-electron chi connectivity index (χ0n) is 12.3. The van der Waals surface area contributed by atoms with Gasteiger partial charge in [0.2, 0.25) is 0 Å². The molecule has 0 bridgehead atoms. The van der Waals surface area contributed by atoms with Crippen molar-refractivity contribution in [3.8, 4) is 0 Å². The molecule has 1 aromatic rings. The minimum absolute atomic E-state index is 0.227. The van der Waals surface area contributed by atoms with Crippen LogP contribution in [0, 0.1) is 5.41 Å². The first-order chi connectivity index (χ1) is 9.27. The van der Waals surface area contributed by atoms with Crippen LogP contribution in [0.15, 0.2) is 18.2 Å². The van der Waals surface area contributed by atoms with Crippen molar-refractivity contribution in [1.29, 1.82) is 0 Å². The number of hydrogen-bond acceptors (Lipinski definition) is 2. The summed E-state index contributed by atoms with van der Waals surface area (Å²) in [7, 11) is 0. The predicted octanol–water partition coefficient (Wildman–Crippen LogP) is 3.60. The summed E-state index contributed by atoms with van der Waals surface area (Å²) in [5, 5.41) is 21.6. The van der Waals surface area contributed by atoms with E-state index in [0.717, 1.165) is 5.56 Å². The van der Waals surface area contributed by atoms with Crippen molar-refractivity contribution >= 4 is 11.8 Å². The van der Waals surface area contributed by atoms with Crippen LogP contribution in [0.3, 0.4) is 0 Å². The minimum Gasteiger partial charge on any atom is -0.465 e. The van der Waals surface area contributed by atoms with Crippen molar-refractivity contribution in [1.82, 2.24) is 0 Å². The molecule has 3 N–H and O–H groups in total. The fraction of sp³-hybridized carbons (Fsp3) is 0.562. The first-order valence-electron chi connectivity index (χ1n) is 7.08. The molecule has 110 valence electrons. The second kappa shape index (κ2) is 5.44. The lowest BCUT2D eigenvalue weighted by atomic mass is 9.85. The Morgan fingerprint density at radius 3 is 2.55 bits per heavy atom. The molecule has 4 nitrogen and oxygen atoms in total. The number of nitrogens with one attached hydrogen (secondary N) is 1. The van der Waals surface area contributed by atoms with E-state index in [4.69, 9.17) is 5.11 Å². The highest BCUT2D eigenvalue weighted by molar-refractivity contribution is 5.84. The number of aliphatic hydroxyl groups is 1. The van der Waals surface area contributed by atoms with E-state index in [1.54, 1.807) is 0 Å². The third-order valence-corrected chi connectivity index (χ3v) is 3.84. The molecule has 1 fully saturated rings. The molecule has 0 heterocycles. The number of benzene rings is 1. The zero-order valence-corrected chi connectivity index (χ0v) is 12.3. The normalized spacial score (nSPS) is 16.8. The maximum atomic E-state index is 10.9. The lowest BCUT2D eigenvalue weighted by Gasteiger charge is -2.26. The predicted molar refractivity (Wildman–Crippen MR) is 79.2 cm³/mol. The molecule has 1 unspecified atom stereocenters. The molecule has 1 saturated carbocycles. The van der Waals surface area contributed by atoms with Gasteiger partial charge < -0.3 is 10.2 Å². The Kier molecular flexibility index (Phi) is 4.04. The Labute approximate surface area is 119 Å². The Bertz CT molecular complexity index is 501. The third-order valence-electron chi connectivity index (χ3n) is 3.84. The lowest BCUT2D eigenvalue weighted by molar-refractivity contribution is 0.0637. The maximum Gasteiger partial charge on any atom is 0.409 e. The molecule has 0 radical (unpaired) electrons. The standard InChI is InChI=1S/C16H23NO3/c1-16(2,3)14(18)9-12-7-6-11(10-4-5-10)8-13(12)17-15(19)20/h6-8,10,14,17-18H,4-5,9H2,1-3H3,(H,19,20). The molecule has 4 heteroatoms. The molecule has 1 aliphatic carbocycles. The Morgan fingerprint density at radius 2 is 2.05 bits per heavy atom. The van der Waals surface area contributed by atoms with Gasteiger partial charge in [-0.15, -0.1) is 0 Å². The number of carbonyl (C=O) groups is 1. The topological polar surface area (TPSA) is 69.6 Å². The van der Waals surface area contributed by atoms with E-state index < -0.39 is 12.2 Å². The van der Waals surface area contributed by atoms with Gasteiger partial charge in [0.25, 0.3) is 0 Å². The molecule has 2 rings (SSSR count). The van der Waals surface area contributed by atoms with E-state index in [-0.39, 0.29) is 5.41 Å². The number of anilines is 1. The molecule has 1 amide bonds. The molecule has 0 saturated heterocycles. The zero-order chi connectivity index (χ0) is 14.9. The van der Waals surface area contributed by atoms with Crippen molar-refractivity contribution in [2.45, 2.75) is 52.1 Å². The molecule has 0 aliphatic heterocycles. The van der Waals surface area contributed by atoms with E-state index >= 15 is 0 Å². The van der Waals surface area contributed by atoms with Gasteiger partial charge in [-0.1, -0.05) is 32.9 Å². The number of carboxylic acid groups (broad SMARTS) is 1. The Morgan fingerprint density at radius 1 is 1.40 bits per heavy atom. The van der Waals surface area contributed by atoms with Crippen LogP contribution in [-0.2, 0) is 6.42 Å². The van der Waals surface area contributed by atoms with Crippen LogP contribution in [0.25, 0.3) is 0 Å². The van der Waals surface area contributed by atoms with E-state index in [2.05, 4.69) is 11.4 Å². The third kappa shape index (κ3) is 3.73. The maximum absolute atomic E-state index is 10.9. The van der Waals surface area contributed by atoms with Crippen LogP contribution in [0.1, 0.15) is 50.7 Å². The quantitative estimate of drug-likeness (QED) is 0.787. The second-order valence-electron chi connectivity index (χ2n) is 6.71. The Hall–Kier alpha value is -1.55. The van der Waals surface area contributed by atoms with Crippen LogP contribution in [0.2, 0.25) is 0 Å². The largest absolute Gasteiger partial charge is 0.465 e. The number of amides is 1. The molecular formula is C16H23NO3. The van der Waals surface area contributed by atoms with Crippen molar-refractivity contribution in [3.63, 3.8) is 0 Å². The summed E-state index contributed by atoms with van der Waals surface area (Å²) >= 11 is 0. The molecule has 20 heavy (non-hydrogen) atoms. The molecule has 0 aromatic heterocycles. The van der Waals surface area contributed by atoms with Crippen molar-refractivity contribution < 1.29 is 15.0 Å². The van der Waals surface area contributed by atoms with Gasteiger partial charge in [0.05, 0.1) is 6.10 Å². The highest BCUT2D eigenvalue weighted by Gasteiger charge is 2.26. The lowest BCUT2D eigenvalue weighted by Crippen LogP contribution is -2.28. The van der Waals surface area contributed by atoms with Gasteiger partial charge in [0, 0.05) is 12.1 Å². The van der Waals surface area contributed by atoms with Crippen molar-refractivity contribution in [2.75, 3.05) is 5.32 Å². The van der Waals surface area contributed by atoms with Gasteiger partial charge in [0.15, 0.2) is 0 Å². The summed E-state index contributed by atoms with van der Waals surface area (Å²) in [6.07, 6.45) is 1.23. The highest BCUT2D eigenvalue weighted by Crippen LogP contribution is 2.41. The minimum atomic E-state index is -1.07. The second-order valence-corrected chi connectivity index (χ2v) is 6.71. The van der Waals surface area contributed by atoms with E-state index in [1.807, 2.05) is 32.9 Å². The van der Waals surface area contributed by atoms with E-state index in [1.165, 1.54) is 18.4 Å². The van der Waals surface area contributed by atoms with E-state index in [9.17, 15) is 9.90 Å². The number of hydrogen-bond donors (Lipinski definition) is 3. The average molecular weight is 277 g/mol. The molecular weight excluding hydrogens is 254 g/mol. The summed E-state index contributed by atoms with van der Waals surface area (Å²) in [5.41, 5.74) is 2.41. The van der Waals surface area contributed by atoms with Crippen LogP contribution in [0.5, 0.6) is 0 Å². The summed E-state index contributed by atoms with van der Waals surface area (Å²) in [6.45, 7) is 5.92. The van der Waals surface area contributed by atoms with Crippen LogP contribution < -0.4 is 5.32 Å². The molecule has 0 spiro atoms. The smallest absolute Gasteiger partial charge is 0.409 e. The average Bonchev–Trinajstić information content (AvgIpc) is 3.13. The van der Waals surface area contributed by atoms with Gasteiger partial charge in [-0.3, -0.25) is 5.32 Å². The van der Waals surface area contributed by atoms with Gasteiger partial charge in [-0.05, 0) is 41.4 Å². The van der Waals surface area contributed by atoms with Gasteiger partial charge in [-0.25, -0.2) is 4.79 Å². The fourth-order valence-electron chi connectivity index (χ4n) is 2.19. The van der Waals surface area contributed by atoms with Crippen LogP contribution >= 0.6 is 0 Å². The summed E-state index contributed by atoms with van der Waals surface area (Å²) in [5.74, 6) is 0.575. The monoisotopic (exact) mass is 277 g/mol. The van der Waals surface area contributed by atoms with Crippen LogP contribution in [0.4, 0.5) is 10.5 Å².